The van der Waals surface area contributed by atoms with Crippen molar-refractivity contribution in [2.75, 3.05) is 26.8 Å². The lowest BCUT2D eigenvalue weighted by atomic mass is 10.2. The number of nitrogens with one attached hydrogen (secondary N) is 1. The van der Waals surface area contributed by atoms with Gasteiger partial charge in [0.1, 0.15) is 6.04 Å². The molecule has 88 valence electrons. The van der Waals surface area contributed by atoms with Gasteiger partial charge in [0, 0.05) is 7.11 Å². The van der Waals surface area contributed by atoms with Gasteiger partial charge in [-0.05, 0) is 6.54 Å². The molecular weight excluding hydrogens is 200 g/mol. The van der Waals surface area contributed by atoms with E-state index in [-0.39, 0.29) is 13.2 Å². The zero-order chi connectivity index (χ0) is 11.8. The number of rotatable bonds is 7. The predicted molar refractivity (Wildman–Crippen MR) is 54.4 cm³/mol. The maximum absolute atomic E-state index is 11.4. The number of nitrogens with two attached hydrogens (primary N) is 2. The molecule has 5 N–H and O–H groups in total. The van der Waals surface area contributed by atoms with Gasteiger partial charge < -0.3 is 10.5 Å². The summed E-state index contributed by atoms with van der Waals surface area (Å²) in [6.45, 7) is 2.47. The van der Waals surface area contributed by atoms with E-state index >= 15 is 0 Å². The van der Waals surface area contributed by atoms with Crippen molar-refractivity contribution < 1.29 is 14.3 Å². The Balaban J connectivity index is 4.53. The molecule has 0 spiro atoms. The summed E-state index contributed by atoms with van der Waals surface area (Å²) >= 11 is 0. The summed E-state index contributed by atoms with van der Waals surface area (Å²) in [7, 11) is 1.47. The molecule has 0 heterocycles. The van der Waals surface area contributed by atoms with Crippen LogP contribution in [0.3, 0.4) is 0 Å². The number of hydrogen-bond donors (Lipinski definition) is 3. The summed E-state index contributed by atoms with van der Waals surface area (Å²) in [6.07, 6.45) is 0. The molecule has 0 aromatic rings. The third-order valence-corrected chi connectivity index (χ3v) is 1.98. The van der Waals surface area contributed by atoms with Crippen molar-refractivity contribution in [2.45, 2.75) is 13.0 Å². The highest BCUT2D eigenvalue weighted by molar-refractivity contribution is 5.82. The Morgan fingerprint density at radius 2 is 2.13 bits per heavy atom. The van der Waals surface area contributed by atoms with E-state index in [0.717, 1.165) is 0 Å². The third-order valence-electron chi connectivity index (χ3n) is 1.98. The summed E-state index contributed by atoms with van der Waals surface area (Å²) < 4.78 is 4.88. The number of carbonyl (C=O) groups excluding carboxylic acids is 2. The van der Waals surface area contributed by atoms with Crippen LogP contribution in [0.4, 0.5) is 0 Å². The number of likely N-dealkylation sites (N-methyl/N-ethyl adjacent to an activating group) is 1. The number of hydrogen-bond acceptors (Lipinski definition) is 5. The lowest BCUT2D eigenvalue weighted by Crippen LogP contribution is -2.53. The summed E-state index contributed by atoms with van der Waals surface area (Å²) in [5.41, 5.74) is 7.09. The van der Waals surface area contributed by atoms with Crippen LogP contribution in [0.15, 0.2) is 0 Å². The van der Waals surface area contributed by atoms with Gasteiger partial charge in [-0.3, -0.25) is 19.9 Å². The quantitative estimate of drug-likeness (QED) is 0.255. The van der Waals surface area contributed by atoms with Gasteiger partial charge in [-0.25, -0.2) is 5.84 Å². The van der Waals surface area contributed by atoms with Gasteiger partial charge in [-0.15, -0.1) is 0 Å². The highest BCUT2D eigenvalue weighted by Gasteiger charge is 2.25. The van der Waals surface area contributed by atoms with Crippen LogP contribution in [-0.2, 0) is 14.3 Å². The molecule has 0 aromatic heterocycles. The normalized spacial score (nSPS) is 12.5. The van der Waals surface area contributed by atoms with E-state index in [1.807, 2.05) is 12.3 Å². The van der Waals surface area contributed by atoms with Gasteiger partial charge >= 0.3 is 0 Å². The smallest absolute Gasteiger partial charge is 0.253 e. The van der Waals surface area contributed by atoms with Gasteiger partial charge in [0.15, 0.2) is 0 Å². The van der Waals surface area contributed by atoms with Crippen LogP contribution in [0, 0.1) is 0 Å². The molecule has 0 aliphatic heterocycles. The molecule has 7 heteroatoms. The molecule has 0 bridgehead atoms. The van der Waals surface area contributed by atoms with E-state index in [4.69, 9.17) is 16.3 Å². The Bertz CT molecular complexity index is 222. The van der Waals surface area contributed by atoms with Crippen molar-refractivity contribution in [1.29, 1.82) is 0 Å². The molecule has 15 heavy (non-hydrogen) atoms. The van der Waals surface area contributed by atoms with Crippen molar-refractivity contribution in [3.8, 4) is 0 Å². The van der Waals surface area contributed by atoms with Gasteiger partial charge in [0.2, 0.25) is 5.91 Å². The molecular formula is C8H18N4O3. The molecule has 0 saturated carbocycles. The Kier molecular flexibility index (Phi) is 6.59. The van der Waals surface area contributed by atoms with Crippen LogP contribution in [0.1, 0.15) is 6.92 Å². The second-order valence-electron chi connectivity index (χ2n) is 3.01. The van der Waals surface area contributed by atoms with Crippen molar-refractivity contribution >= 4 is 11.8 Å². The first-order chi connectivity index (χ1) is 7.06. The molecule has 0 aliphatic rings. The fraction of sp³-hybridized carbons (Fsp3) is 0.750. The molecule has 1 unspecified atom stereocenters. The lowest BCUT2D eigenvalue weighted by molar-refractivity contribution is -0.130. The van der Waals surface area contributed by atoms with Crippen LogP contribution >= 0.6 is 0 Å². The molecule has 0 fully saturated rings. The number of methoxy groups -OCH3 is 1. The van der Waals surface area contributed by atoms with Gasteiger partial charge in [-0.1, -0.05) is 6.92 Å². The minimum Gasteiger partial charge on any atom is -0.383 e. The first kappa shape index (κ1) is 13.8. The first-order valence-corrected chi connectivity index (χ1v) is 4.58. The predicted octanol–water partition coefficient (Wildman–Crippen LogP) is -2.20. The summed E-state index contributed by atoms with van der Waals surface area (Å²) in [4.78, 5) is 23.7. The van der Waals surface area contributed by atoms with E-state index in [0.29, 0.717) is 6.54 Å². The van der Waals surface area contributed by atoms with Crippen molar-refractivity contribution in [3.05, 3.63) is 0 Å². The molecule has 0 rings (SSSR count). The SMILES string of the molecule is CCN(CC(N)=O)C(COC)C(=O)NN. The molecule has 1 atom stereocenters. The lowest BCUT2D eigenvalue weighted by Gasteiger charge is -2.27. The monoisotopic (exact) mass is 218 g/mol. The summed E-state index contributed by atoms with van der Waals surface area (Å²) in [5, 5.41) is 0. The Labute approximate surface area is 88.7 Å². The zero-order valence-corrected chi connectivity index (χ0v) is 9.03. The zero-order valence-electron chi connectivity index (χ0n) is 9.03. The second kappa shape index (κ2) is 7.16. The highest BCUT2D eigenvalue weighted by atomic mass is 16.5. The van der Waals surface area contributed by atoms with E-state index in [1.54, 1.807) is 4.90 Å². The fourth-order valence-corrected chi connectivity index (χ4v) is 1.24. The van der Waals surface area contributed by atoms with E-state index in [9.17, 15) is 9.59 Å². The Morgan fingerprint density at radius 3 is 2.47 bits per heavy atom. The average Bonchev–Trinajstić information content (AvgIpc) is 2.21. The molecule has 0 radical (unpaired) electrons. The number of primary amides is 1. The highest BCUT2D eigenvalue weighted by Crippen LogP contribution is 1.99. The Morgan fingerprint density at radius 1 is 1.53 bits per heavy atom. The molecule has 7 nitrogen and oxygen atoms in total. The van der Waals surface area contributed by atoms with Crippen LogP contribution in [0.25, 0.3) is 0 Å². The van der Waals surface area contributed by atoms with Gasteiger partial charge in [0.05, 0.1) is 13.2 Å². The molecule has 0 aliphatic carbocycles. The third kappa shape index (κ3) is 4.73. The van der Waals surface area contributed by atoms with Crippen LogP contribution in [0.5, 0.6) is 0 Å². The largest absolute Gasteiger partial charge is 0.383 e. The first-order valence-electron chi connectivity index (χ1n) is 4.58. The van der Waals surface area contributed by atoms with E-state index in [1.165, 1.54) is 7.11 Å². The van der Waals surface area contributed by atoms with Crippen LogP contribution < -0.4 is 17.0 Å². The summed E-state index contributed by atoms with van der Waals surface area (Å²) in [6, 6.07) is -0.600. The van der Waals surface area contributed by atoms with Gasteiger partial charge in [-0.2, -0.15) is 0 Å². The van der Waals surface area contributed by atoms with Crippen LogP contribution in [0.2, 0.25) is 0 Å². The van der Waals surface area contributed by atoms with Crippen molar-refractivity contribution in [1.82, 2.24) is 10.3 Å². The second-order valence-corrected chi connectivity index (χ2v) is 3.01. The topological polar surface area (TPSA) is 111 Å². The minimum atomic E-state index is -0.600. The fourth-order valence-electron chi connectivity index (χ4n) is 1.24. The van der Waals surface area contributed by atoms with E-state index < -0.39 is 17.9 Å². The van der Waals surface area contributed by atoms with Crippen molar-refractivity contribution in [3.63, 3.8) is 0 Å². The number of hydrazine groups is 1. The standard InChI is InChI=1S/C8H18N4O3/c1-3-12(4-7(9)13)6(5-15-2)8(14)11-10/h6H,3-5,10H2,1-2H3,(H2,9,13)(H,11,14). The number of amides is 2. The number of nitrogens with zero attached hydrogens (tertiary/aromatic N) is 1. The van der Waals surface area contributed by atoms with Gasteiger partial charge in [0.25, 0.3) is 5.91 Å². The number of carbonyl (C=O) groups is 2. The maximum atomic E-state index is 11.4. The maximum Gasteiger partial charge on any atom is 0.253 e. The minimum absolute atomic E-state index is 0.00204. The average molecular weight is 218 g/mol. The van der Waals surface area contributed by atoms with Crippen molar-refractivity contribution in [2.24, 2.45) is 11.6 Å². The molecule has 0 aromatic carbocycles. The Hall–Kier alpha value is -1.18. The molecule has 2 amide bonds. The summed E-state index contributed by atoms with van der Waals surface area (Å²) in [5.74, 6) is 4.13. The number of ether oxygens (including phenoxy) is 1. The molecule has 0 saturated heterocycles. The van der Waals surface area contributed by atoms with E-state index in [2.05, 4.69) is 0 Å². The van der Waals surface area contributed by atoms with Crippen LogP contribution in [-0.4, -0.2) is 49.6 Å².